The Balaban J connectivity index is 2.40. The van der Waals surface area contributed by atoms with Crippen molar-refractivity contribution in [3.8, 4) is 0 Å². The predicted octanol–water partition coefficient (Wildman–Crippen LogP) is 3.80. The van der Waals surface area contributed by atoms with Gasteiger partial charge in [0, 0.05) is 27.6 Å². The van der Waals surface area contributed by atoms with Gasteiger partial charge in [0.2, 0.25) is 0 Å². The summed E-state index contributed by atoms with van der Waals surface area (Å²) in [6, 6.07) is 7.08. The maximum atomic E-state index is 12.7. The van der Waals surface area contributed by atoms with Crippen molar-refractivity contribution >= 4 is 27.5 Å². The summed E-state index contributed by atoms with van der Waals surface area (Å²) in [7, 11) is 0. The van der Waals surface area contributed by atoms with Crippen LogP contribution in [0.25, 0.3) is 0 Å². The second-order valence-corrected chi connectivity index (χ2v) is 7.30. The molecule has 0 aromatic heterocycles. The molecule has 114 valence electrons. The minimum Gasteiger partial charge on any atom is -0.368 e. The first kappa shape index (κ1) is 16.2. The highest BCUT2D eigenvalue weighted by atomic mass is 79.9. The summed E-state index contributed by atoms with van der Waals surface area (Å²) in [4.78, 5) is 12.7. The molecule has 1 aliphatic heterocycles. The molecule has 1 atom stereocenters. The van der Waals surface area contributed by atoms with Crippen LogP contribution in [-0.4, -0.2) is 27.5 Å². The number of halogens is 1. The molecule has 0 bridgehead atoms. The molecule has 0 saturated heterocycles. The highest BCUT2D eigenvalue weighted by Gasteiger charge is 2.52. The summed E-state index contributed by atoms with van der Waals surface area (Å²) in [6.45, 7) is 7.74. The summed E-state index contributed by atoms with van der Waals surface area (Å²) >= 11 is 3.35. The minimum atomic E-state index is -1.29. The summed E-state index contributed by atoms with van der Waals surface area (Å²) in [5.74, 6) is -0.275. The van der Waals surface area contributed by atoms with Gasteiger partial charge in [-0.2, -0.15) is 10.1 Å². The van der Waals surface area contributed by atoms with E-state index in [1.165, 1.54) is 5.01 Å². The minimum absolute atomic E-state index is 0.275. The lowest BCUT2D eigenvalue weighted by Crippen LogP contribution is -2.54. The average molecular weight is 353 g/mol. The smallest absolute Gasteiger partial charge is 0.276 e. The average Bonchev–Trinajstić information content (AvgIpc) is 2.77. The Hall–Kier alpha value is -1.20. The van der Waals surface area contributed by atoms with E-state index in [0.29, 0.717) is 12.0 Å². The van der Waals surface area contributed by atoms with Crippen LogP contribution in [0, 0.1) is 5.41 Å². The van der Waals surface area contributed by atoms with E-state index in [0.717, 1.165) is 16.6 Å². The number of aliphatic hydroxyl groups is 1. The molecule has 0 aliphatic carbocycles. The zero-order chi connectivity index (χ0) is 15.8. The first-order chi connectivity index (χ1) is 9.69. The molecule has 1 N–H and O–H groups in total. The Bertz CT molecular complexity index is 575. The van der Waals surface area contributed by atoms with Crippen molar-refractivity contribution in [3.05, 3.63) is 34.3 Å². The van der Waals surface area contributed by atoms with E-state index in [2.05, 4.69) is 21.0 Å². The molecule has 4 nitrogen and oxygen atoms in total. The number of amides is 1. The predicted molar refractivity (Wildman–Crippen MR) is 87.1 cm³/mol. The number of hydrogen-bond donors (Lipinski definition) is 1. The van der Waals surface area contributed by atoms with Crippen LogP contribution < -0.4 is 0 Å². The zero-order valence-electron chi connectivity index (χ0n) is 12.9. The van der Waals surface area contributed by atoms with Gasteiger partial charge in [-0.25, -0.2) is 0 Å². The van der Waals surface area contributed by atoms with E-state index in [-0.39, 0.29) is 5.91 Å². The molecule has 2 rings (SSSR count). The zero-order valence-corrected chi connectivity index (χ0v) is 14.4. The SMILES string of the molecule is CCC1=NN(C(=O)c2ccc(Br)cc2)[C@](O)(C(C)(C)C)C1. The summed E-state index contributed by atoms with van der Waals surface area (Å²) in [5, 5.41) is 16.7. The monoisotopic (exact) mass is 352 g/mol. The number of hydrazone groups is 1. The molecule has 0 unspecified atom stereocenters. The van der Waals surface area contributed by atoms with Crippen molar-refractivity contribution in [2.24, 2.45) is 10.5 Å². The molecule has 0 saturated carbocycles. The molecule has 0 spiro atoms. The van der Waals surface area contributed by atoms with Crippen LogP contribution in [0.4, 0.5) is 0 Å². The third kappa shape index (κ3) is 2.90. The van der Waals surface area contributed by atoms with Crippen LogP contribution in [0.15, 0.2) is 33.8 Å². The van der Waals surface area contributed by atoms with Gasteiger partial charge in [0.25, 0.3) is 5.91 Å². The van der Waals surface area contributed by atoms with Crippen LogP contribution in [0.3, 0.4) is 0 Å². The van der Waals surface area contributed by atoms with E-state index in [1.54, 1.807) is 12.1 Å². The van der Waals surface area contributed by atoms with Crippen molar-refractivity contribution in [2.45, 2.75) is 46.3 Å². The van der Waals surface area contributed by atoms with Gasteiger partial charge in [-0.15, -0.1) is 0 Å². The van der Waals surface area contributed by atoms with Crippen LogP contribution >= 0.6 is 15.9 Å². The molecule has 5 heteroatoms. The van der Waals surface area contributed by atoms with Gasteiger partial charge in [-0.05, 0) is 30.7 Å². The molecule has 21 heavy (non-hydrogen) atoms. The van der Waals surface area contributed by atoms with Gasteiger partial charge in [-0.1, -0.05) is 43.6 Å². The second kappa shape index (κ2) is 5.54. The molecule has 1 amide bonds. The Morgan fingerprint density at radius 3 is 2.43 bits per heavy atom. The molecule has 1 aromatic carbocycles. The number of benzene rings is 1. The van der Waals surface area contributed by atoms with Crippen LogP contribution in [0.2, 0.25) is 0 Å². The highest BCUT2D eigenvalue weighted by Crippen LogP contribution is 2.41. The topological polar surface area (TPSA) is 52.9 Å². The summed E-state index contributed by atoms with van der Waals surface area (Å²) < 4.78 is 0.907. The maximum Gasteiger partial charge on any atom is 0.276 e. The fourth-order valence-electron chi connectivity index (χ4n) is 2.33. The fourth-order valence-corrected chi connectivity index (χ4v) is 2.59. The van der Waals surface area contributed by atoms with E-state index in [4.69, 9.17) is 0 Å². The standard InChI is InChI=1S/C16H21BrN2O2/c1-5-13-10-16(21,15(2,3)4)19(18-13)14(20)11-6-8-12(17)9-7-11/h6-9,21H,5,10H2,1-4H3/t16-/m1/s1. The van der Waals surface area contributed by atoms with Gasteiger partial charge in [-0.3, -0.25) is 4.79 Å². The number of carbonyl (C=O) groups is 1. The molecule has 0 radical (unpaired) electrons. The Labute approximate surface area is 134 Å². The van der Waals surface area contributed by atoms with Crippen molar-refractivity contribution in [2.75, 3.05) is 0 Å². The third-order valence-electron chi connectivity index (χ3n) is 3.94. The largest absolute Gasteiger partial charge is 0.368 e. The third-order valence-corrected chi connectivity index (χ3v) is 4.46. The van der Waals surface area contributed by atoms with E-state index >= 15 is 0 Å². The Morgan fingerprint density at radius 2 is 1.95 bits per heavy atom. The summed E-state index contributed by atoms with van der Waals surface area (Å²) in [5.41, 5.74) is -0.416. The Kier molecular flexibility index (Phi) is 4.26. The second-order valence-electron chi connectivity index (χ2n) is 6.39. The van der Waals surface area contributed by atoms with Crippen LogP contribution in [-0.2, 0) is 0 Å². The van der Waals surface area contributed by atoms with Crippen molar-refractivity contribution in [1.29, 1.82) is 0 Å². The van der Waals surface area contributed by atoms with Gasteiger partial charge >= 0.3 is 0 Å². The quantitative estimate of drug-likeness (QED) is 0.879. The maximum absolute atomic E-state index is 12.7. The van der Waals surface area contributed by atoms with E-state index < -0.39 is 11.1 Å². The van der Waals surface area contributed by atoms with Gasteiger partial charge in [0.05, 0.1) is 0 Å². The number of carbonyl (C=O) groups excluding carboxylic acids is 1. The number of rotatable bonds is 2. The van der Waals surface area contributed by atoms with Crippen molar-refractivity contribution < 1.29 is 9.90 Å². The molecule has 0 fully saturated rings. The van der Waals surface area contributed by atoms with Gasteiger partial charge < -0.3 is 5.11 Å². The Morgan fingerprint density at radius 1 is 1.38 bits per heavy atom. The van der Waals surface area contributed by atoms with Gasteiger partial charge in [0.1, 0.15) is 0 Å². The molecule has 1 heterocycles. The molecule has 1 aliphatic rings. The lowest BCUT2D eigenvalue weighted by atomic mass is 9.79. The lowest BCUT2D eigenvalue weighted by Gasteiger charge is -2.41. The molecule has 1 aromatic rings. The van der Waals surface area contributed by atoms with E-state index in [1.807, 2.05) is 39.8 Å². The van der Waals surface area contributed by atoms with Crippen molar-refractivity contribution in [3.63, 3.8) is 0 Å². The number of nitrogens with zero attached hydrogens (tertiary/aromatic N) is 2. The first-order valence-electron chi connectivity index (χ1n) is 7.08. The molecular formula is C16H21BrN2O2. The van der Waals surface area contributed by atoms with Crippen molar-refractivity contribution in [1.82, 2.24) is 5.01 Å². The van der Waals surface area contributed by atoms with Crippen LogP contribution in [0.1, 0.15) is 50.9 Å². The molecular weight excluding hydrogens is 332 g/mol. The first-order valence-corrected chi connectivity index (χ1v) is 7.87. The van der Waals surface area contributed by atoms with Crippen LogP contribution in [0.5, 0.6) is 0 Å². The van der Waals surface area contributed by atoms with E-state index in [9.17, 15) is 9.90 Å². The summed E-state index contributed by atoms with van der Waals surface area (Å²) in [6.07, 6.45) is 1.12. The lowest BCUT2D eigenvalue weighted by molar-refractivity contribution is -0.143. The highest BCUT2D eigenvalue weighted by molar-refractivity contribution is 9.10. The normalized spacial score (nSPS) is 22.4. The fraction of sp³-hybridized carbons (Fsp3) is 0.500. The van der Waals surface area contributed by atoms with Gasteiger partial charge in [0.15, 0.2) is 5.72 Å². The number of hydrogen-bond acceptors (Lipinski definition) is 3.